The number of amides is 1. The number of rotatable bonds is 6. The topological polar surface area (TPSA) is 41.6 Å². The molecule has 1 aromatic rings. The molecule has 27 heavy (non-hydrogen) atoms. The summed E-state index contributed by atoms with van der Waals surface area (Å²) in [6.07, 6.45) is 7.63. The average Bonchev–Trinajstić information content (AvgIpc) is 2.80. The fourth-order valence-corrected chi connectivity index (χ4v) is 5.83. The maximum Gasteiger partial charge on any atom is 0.251 e. The Morgan fingerprint density at radius 2 is 1.89 bits per heavy atom. The molecule has 2 fully saturated rings. The van der Waals surface area contributed by atoms with Crippen LogP contribution in [0.1, 0.15) is 32.6 Å². The van der Waals surface area contributed by atoms with Gasteiger partial charge in [0.1, 0.15) is 0 Å². The summed E-state index contributed by atoms with van der Waals surface area (Å²) in [7, 11) is 2.24. The molecule has 1 aromatic carbocycles. The number of ether oxygens (including phenoxy) is 1. The van der Waals surface area contributed by atoms with E-state index in [9.17, 15) is 4.79 Å². The highest BCUT2D eigenvalue weighted by molar-refractivity contribution is 8.00. The minimum absolute atomic E-state index is 0. The molecule has 4 nitrogen and oxygen atoms in total. The number of hydrogen-bond acceptors (Lipinski definition) is 4. The average molecular weight is 452 g/mol. The number of fused-ring (bicyclic) bond motifs is 2. The summed E-state index contributed by atoms with van der Waals surface area (Å²) in [6, 6.07) is 4.87. The van der Waals surface area contributed by atoms with Gasteiger partial charge in [0.05, 0.1) is 22.9 Å². The number of carbonyl (C=O) groups excluding carboxylic acids is 1. The number of thioether (sulfide) groups is 1. The van der Waals surface area contributed by atoms with Crippen molar-refractivity contribution in [2.24, 2.45) is 0 Å². The van der Waals surface area contributed by atoms with Crippen LogP contribution >= 0.6 is 47.4 Å². The molecule has 8 heteroatoms. The SMILES string of the molecule is CCOC=CC(=O)Nc1cc(Cl)c(SC2CC3CCC(C2)N3C)c(Cl)c1.Cl. The Bertz CT molecular complexity index is 665. The smallest absolute Gasteiger partial charge is 0.251 e. The first-order valence-electron chi connectivity index (χ1n) is 8.94. The number of benzene rings is 1. The Labute approximate surface area is 181 Å². The third kappa shape index (κ3) is 5.70. The molecule has 0 aromatic heterocycles. The lowest BCUT2D eigenvalue weighted by molar-refractivity contribution is -0.112. The zero-order valence-corrected chi connectivity index (χ0v) is 18.6. The van der Waals surface area contributed by atoms with Crippen LogP contribution in [0, 0.1) is 0 Å². The van der Waals surface area contributed by atoms with Crippen molar-refractivity contribution in [2.75, 3.05) is 19.0 Å². The summed E-state index contributed by atoms with van der Waals surface area (Å²) in [4.78, 5) is 15.3. The number of nitrogens with zero attached hydrogens (tertiary/aromatic N) is 1. The quantitative estimate of drug-likeness (QED) is 0.450. The first kappa shape index (κ1) is 22.7. The molecule has 0 aliphatic carbocycles. The van der Waals surface area contributed by atoms with E-state index in [4.69, 9.17) is 27.9 Å². The monoisotopic (exact) mass is 450 g/mol. The Balaban J connectivity index is 0.00000261. The molecule has 0 saturated carbocycles. The summed E-state index contributed by atoms with van der Waals surface area (Å²) in [6.45, 7) is 2.37. The Hall–Kier alpha value is -0.590. The molecule has 1 amide bonds. The Morgan fingerprint density at radius 1 is 1.30 bits per heavy atom. The van der Waals surface area contributed by atoms with Crippen molar-refractivity contribution in [1.29, 1.82) is 0 Å². The summed E-state index contributed by atoms with van der Waals surface area (Å²) in [5, 5.41) is 4.45. The fraction of sp³-hybridized carbons (Fsp3) is 0.526. The third-order valence-electron chi connectivity index (χ3n) is 5.09. The van der Waals surface area contributed by atoms with Crippen LogP contribution in [0.2, 0.25) is 10.0 Å². The van der Waals surface area contributed by atoms with Crippen molar-refractivity contribution in [1.82, 2.24) is 4.90 Å². The lowest BCUT2D eigenvalue weighted by Gasteiger charge is -2.36. The van der Waals surface area contributed by atoms with Gasteiger partial charge in [0, 0.05) is 34.0 Å². The normalized spacial score (nSPS) is 24.7. The maximum atomic E-state index is 11.8. The van der Waals surface area contributed by atoms with Gasteiger partial charge in [0.15, 0.2) is 0 Å². The van der Waals surface area contributed by atoms with E-state index in [1.54, 1.807) is 23.9 Å². The van der Waals surface area contributed by atoms with Gasteiger partial charge in [-0.25, -0.2) is 0 Å². The standard InChI is InChI=1S/C19H24Cl2N2O2S.ClH/c1-3-25-7-6-18(24)22-12-8-16(20)19(17(21)9-12)26-15-10-13-4-5-14(11-15)23(13)2;/h6-9,13-15H,3-5,10-11H2,1-2H3,(H,22,24);1H. The lowest BCUT2D eigenvalue weighted by atomic mass is 10.0. The fourth-order valence-electron chi connectivity index (χ4n) is 3.76. The van der Waals surface area contributed by atoms with Gasteiger partial charge in [0.25, 0.3) is 5.91 Å². The van der Waals surface area contributed by atoms with E-state index in [2.05, 4.69) is 17.3 Å². The van der Waals surface area contributed by atoms with Gasteiger partial charge in [-0.15, -0.1) is 24.2 Å². The molecule has 2 bridgehead atoms. The van der Waals surface area contributed by atoms with Crippen LogP contribution < -0.4 is 5.32 Å². The molecule has 2 saturated heterocycles. The number of carbonyl (C=O) groups is 1. The minimum atomic E-state index is -0.280. The van der Waals surface area contributed by atoms with Gasteiger partial charge in [-0.05, 0) is 51.8 Å². The summed E-state index contributed by atoms with van der Waals surface area (Å²) in [5.74, 6) is -0.280. The zero-order chi connectivity index (χ0) is 18.7. The Kier molecular flexibility index (Phi) is 8.63. The Morgan fingerprint density at radius 3 is 2.44 bits per heavy atom. The molecule has 3 rings (SSSR count). The van der Waals surface area contributed by atoms with E-state index >= 15 is 0 Å². The number of halogens is 3. The molecule has 2 unspecified atom stereocenters. The highest BCUT2D eigenvalue weighted by Crippen LogP contribution is 2.45. The number of nitrogens with one attached hydrogen (secondary N) is 1. The van der Waals surface area contributed by atoms with E-state index in [1.807, 2.05) is 6.92 Å². The van der Waals surface area contributed by atoms with Crippen molar-refractivity contribution in [3.05, 3.63) is 34.5 Å². The van der Waals surface area contributed by atoms with Gasteiger partial charge in [-0.2, -0.15) is 0 Å². The van der Waals surface area contributed by atoms with Crippen LogP contribution in [-0.2, 0) is 9.53 Å². The summed E-state index contributed by atoms with van der Waals surface area (Å²) < 4.78 is 5.02. The molecule has 2 aliphatic heterocycles. The van der Waals surface area contributed by atoms with Crippen molar-refractivity contribution in [2.45, 2.75) is 54.8 Å². The number of hydrogen-bond donors (Lipinski definition) is 1. The molecule has 150 valence electrons. The second-order valence-electron chi connectivity index (χ2n) is 6.78. The first-order valence-corrected chi connectivity index (χ1v) is 10.6. The van der Waals surface area contributed by atoms with E-state index in [0.29, 0.717) is 39.7 Å². The summed E-state index contributed by atoms with van der Waals surface area (Å²) in [5.41, 5.74) is 0.582. The maximum absolute atomic E-state index is 11.8. The van der Waals surface area contributed by atoms with Crippen LogP contribution in [0.3, 0.4) is 0 Å². The van der Waals surface area contributed by atoms with Crippen LogP contribution in [0.25, 0.3) is 0 Å². The highest BCUT2D eigenvalue weighted by Gasteiger charge is 2.39. The summed E-state index contributed by atoms with van der Waals surface area (Å²) >= 11 is 14.7. The molecule has 2 heterocycles. The first-order chi connectivity index (χ1) is 12.5. The van der Waals surface area contributed by atoms with Crippen molar-refractivity contribution in [3.63, 3.8) is 0 Å². The zero-order valence-electron chi connectivity index (χ0n) is 15.4. The van der Waals surface area contributed by atoms with E-state index in [1.165, 1.54) is 38.0 Å². The van der Waals surface area contributed by atoms with Gasteiger partial charge >= 0.3 is 0 Å². The molecule has 1 N–H and O–H groups in total. The van der Waals surface area contributed by atoms with Crippen molar-refractivity contribution < 1.29 is 9.53 Å². The third-order valence-corrected chi connectivity index (χ3v) is 7.30. The van der Waals surface area contributed by atoms with Crippen LogP contribution in [0.4, 0.5) is 5.69 Å². The van der Waals surface area contributed by atoms with Crippen molar-refractivity contribution in [3.8, 4) is 0 Å². The molecule has 0 radical (unpaired) electrons. The van der Waals surface area contributed by atoms with E-state index in [0.717, 1.165) is 4.90 Å². The van der Waals surface area contributed by atoms with Gasteiger partial charge in [0.2, 0.25) is 0 Å². The van der Waals surface area contributed by atoms with Crippen LogP contribution in [0.15, 0.2) is 29.4 Å². The largest absolute Gasteiger partial charge is 0.501 e. The molecule has 2 aliphatic rings. The molecular weight excluding hydrogens is 427 g/mol. The minimum Gasteiger partial charge on any atom is -0.501 e. The molecule has 2 atom stereocenters. The number of piperidine rings is 1. The number of anilines is 1. The van der Waals surface area contributed by atoms with E-state index in [-0.39, 0.29) is 18.3 Å². The second-order valence-corrected chi connectivity index (χ2v) is 8.90. The predicted molar refractivity (Wildman–Crippen MR) is 117 cm³/mol. The van der Waals surface area contributed by atoms with Crippen LogP contribution in [-0.4, -0.2) is 41.8 Å². The highest BCUT2D eigenvalue weighted by atomic mass is 35.5. The molecular formula is C19H25Cl3N2O2S. The second kappa shape index (κ2) is 10.3. The van der Waals surface area contributed by atoms with Gasteiger partial charge < -0.3 is 15.0 Å². The van der Waals surface area contributed by atoms with E-state index < -0.39 is 0 Å². The van der Waals surface area contributed by atoms with Gasteiger partial charge in [-0.1, -0.05) is 23.2 Å². The van der Waals surface area contributed by atoms with Gasteiger partial charge in [-0.3, -0.25) is 4.79 Å². The van der Waals surface area contributed by atoms with Crippen LogP contribution in [0.5, 0.6) is 0 Å². The van der Waals surface area contributed by atoms with Crippen molar-refractivity contribution >= 4 is 59.0 Å². The molecule has 0 spiro atoms. The predicted octanol–water partition coefficient (Wildman–Crippen LogP) is 5.62. The lowest BCUT2D eigenvalue weighted by Crippen LogP contribution is -2.40.